The predicted octanol–water partition coefficient (Wildman–Crippen LogP) is 2.07. The third kappa shape index (κ3) is 1.87. The highest BCUT2D eigenvalue weighted by Crippen LogP contribution is 2.51. The molecule has 1 aromatic rings. The molecule has 1 aromatic carbocycles. The fraction of sp³-hybridized carbons (Fsp3) is 0.625. The first kappa shape index (κ1) is 12.9. The van der Waals surface area contributed by atoms with Crippen molar-refractivity contribution < 1.29 is 9.84 Å². The largest absolute Gasteiger partial charge is 0.497 e. The summed E-state index contributed by atoms with van der Waals surface area (Å²) in [7, 11) is 3.80. The van der Waals surface area contributed by atoms with E-state index < -0.39 is 0 Å². The third-order valence-electron chi connectivity index (χ3n) is 5.23. The van der Waals surface area contributed by atoms with Gasteiger partial charge in [0.1, 0.15) is 5.75 Å². The molecule has 3 nitrogen and oxygen atoms in total. The maximum atomic E-state index is 9.43. The second-order valence-electron chi connectivity index (χ2n) is 5.97. The third-order valence-corrected chi connectivity index (χ3v) is 5.23. The summed E-state index contributed by atoms with van der Waals surface area (Å²) in [4.78, 5) is 0. The lowest BCUT2D eigenvalue weighted by Crippen LogP contribution is -2.48. The Labute approximate surface area is 115 Å². The molecule has 0 saturated heterocycles. The van der Waals surface area contributed by atoms with Gasteiger partial charge < -0.3 is 15.2 Å². The smallest absolute Gasteiger partial charge is 0.119 e. The average Bonchev–Trinajstić information content (AvgIpc) is 2.79. The van der Waals surface area contributed by atoms with Crippen LogP contribution in [0.4, 0.5) is 0 Å². The summed E-state index contributed by atoms with van der Waals surface area (Å²) in [6.45, 7) is 0.329. The molecule has 1 saturated carbocycles. The Bertz CT molecular complexity index is 474. The summed E-state index contributed by atoms with van der Waals surface area (Å²) in [6, 6.07) is 6.47. The second-order valence-corrected chi connectivity index (χ2v) is 5.97. The van der Waals surface area contributed by atoms with Gasteiger partial charge in [-0.25, -0.2) is 0 Å². The van der Waals surface area contributed by atoms with Gasteiger partial charge in [-0.05, 0) is 67.8 Å². The van der Waals surface area contributed by atoms with Crippen LogP contribution in [0.25, 0.3) is 0 Å². The fourth-order valence-electron chi connectivity index (χ4n) is 4.14. The molecule has 0 amide bonds. The maximum absolute atomic E-state index is 9.43. The highest BCUT2D eigenvalue weighted by Gasteiger charge is 2.48. The number of benzene rings is 1. The molecule has 2 aliphatic carbocycles. The number of hydrogen-bond donors (Lipinski definition) is 2. The van der Waals surface area contributed by atoms with E-state index in [9.17, 15) is 5.11 Å². The minimum absolute atomic E-state index is 0.0928. The van der Waals surface area contributed by atoms with Gasteiger partial charge in [0.25, 0.3) is 0 Å². The van der Waals surface area contributed by atoms with Gasteiger partial charge in [-0.1, -0.05) is 6.07 Å². The van der Waals surface area contributed by atoms with Crippen molar-refractivity contribution in [2.24, 2.45) is 11.8 Å². The lowest BCUT2D eigenvalue weighted by atomic mass is 9.69. The van der Waals surface area contributed by atoms with Crippen molar-refractivity contribution in [2.45, 2.75) is 31.2 Å². The van der Waals surface area contributed by atoms with E-state index in [4.69, 9.17) is 4.74 Å². The number of aliphatic hydroxyl groups excluding tert-OH is 1. The van der Waals surface area contributed by atoms with E-state index in [1.54, 1.807) is 7.11 Å². The zero-order valence-electron chi connectivity index (χ0n) is 11.8. The summed E-state index contributed by atoms with van der Waals surface area (Å²) in [5, 5.41) is 13.0. The number of nitrogens with one attached hydrogen (secondary N) is 1. The molecule has 0 heterocycles. The lowest BCUT2D eigenvalue weighted by molar-refractivity contribution is 0.0903. The van der Waals surface area contributed by atoms with Crippen LogP contribution in [0.5, 0.6) is 5.75 Å². The molecule has 1 fully saturated rings. The Hall–Kier alpha value is -1.06. The quantitative estimate of drug-likeness (QED) is 0.875. The van der Waals surface area contributed by atoms with Crippen LogP contribution in [0.3, 0.4) is 0 Å². The number of ether oxygens (including phenoxy) is 1. The molecule has 0 aromatic heterocycles. The average molecular weight is 261 g/mol. The summed E-state index contributed by atoms with van der Waals surface area (Å²) >= 11 is 0. The van der Waals surface area contributed by atoms with Crippen molar-refractivity contribution in [2.75, 3.05) is 20.8 Å². The SMILES string of the molecule is CNC12CCC(CO)CC1Cc1ccc(OC)cc12. The second kappa shape index (κ2) is 4.80. The molecule has 19 heavy (non-hydrogen) atoms. The summed E-state index contributed by atoms with van der Waals surface area (Å²) < 4.78 is 5.38. The van der Waals surface area contributed by atoms with E-state index in [1.807, 2.05) is 0 Å². The fourth-order valence-corrected chi connectivity index (χ4v) is 4.14. The van der Waals surface area contributed by atoms with Gasteiger partial charge in [-0.15, -0.1) is 0 Å². The van der Waals surface area contributed by atoms with E-state index in [-0.39, 0.29) is 5.54 Å². The van der Waals surface area contributed by atoms with Crippen LogP contribution < -0.4 is 10.1 Å². The van der Waals surface area contributed by atoms with E-state index >= 15 is 0 Å². The van der Waals surface area contributed by atoms with Crippen molar-refractivity contribution in [1.29, 1.82) is 0 Å². The normalized spacial score (nSPS) is 32.8. The Kier molecular flexibility index (Phi) is 3.27. The lowest BCUT2D eigenvalue weighted by Gasteiger charge is -2.43. The molecule has 3 atom stereocenters. The number of fused-ring (bicyclic) bond motifs is 3. The Morgan fingerprint density at radius 3 is 3.00 bits per heavy atom. The number of rotatable bonds is 3. The van der Waals surface area contributed by atoms with Crippen LogP contribution in [-0.2, 0) is 12.0 Å². The first-order valence-corrected chi connectivity index (χ1v) is 7.20. The van der Waals surface area contributed by atoms with Crippen LogP contribution in [0.15, 0.2) is 18.2 Å². The molecular formula is C16H23NO2. The minimum atomic E-state index is 0.0928. The molecule has 3 unspecified atom stereocenters. The van der Waals surface area contributed by atoms with Crippen molar-refractivity contribution >= 4 is 0 Å². The van der Waals surface area contributed by atoms with Gasteiger partial charge in [0.2, 0.25) is 0 Å². The van der Waals surface area contributed by atoms with Crippen LogP contribution in [0.1, 0.15) is 30.4 Å². The van der Waals surface area contributed by atoms with Gasteiger partial charge in [-0.3, -0.25) is 0 Å². The van der Waals surface area contributed by atoms with E-state index in [1.165, 1.54) is 11.1 Å². The van der Waals surface area contributed by atoms with Crippen LogP contribution in [-0.4, -0.2) is 25.9 Å². The van der Waals surface area contributed by atoms with Crippen molar-refractivity contribution in [1.82, 2.24) is 5.32 Å². The summed E-state index contributed by atoms with van der Waals surface area (Å²) in [5.41, 5.74) is 2.95. The van der Waals surface area contributed by atoms with Crippen molar-refractivity contribution in [3.05, 3.63) is 29.3 Å². The number of aliphatic hydroxyl groups is 1. The summed E-state index contributed by atoms with van der Waals surface area (Å²) in [6.07, 6.45) is 4.45. The molecule has 2 N–H and O–H groups in total. The molecule has 0 bridgehead atoms. The minimum Gasteiger partial charge on any atom is -0.497 e. The molecule has 0 aliphatic heterocycles. The Morgan fingerprint density at radius 1 is 1.47 bits per heavy atom. The summed E-state index contributed by atoms with van der Waals surface area (Å²) in [5.74, 6) is 2.02. The molecule has 3 heteroatoms. The zero-order valence-corrected chi connectivity index (χ0v) is 11.8. The molecule has 0 radical (unpaired) electrons. The van der Waals surface area contributed by atoms with Gasteiger partial charge in [0.15, 0.2) is 0 Å². The van der Waals surface area contributed by atoms with Crippen molar-refractivity contribution in [3.8, 4) is 5.75 Å². The number of methoxy groups -OCH3 is 1. The predicted molar refractivity (Wildman–Crippen MR) is 75.4 cm³/mol. The molecule has 0 spiro atoms. The topological polar surface area (TPSA) is 41.5 Å². The maximum Gasteiger partial charge on any atom is 0.119 e. The number of hydrogen-bond acceptors (Lipinski definition) is 3. The van der Waals surface area contributed by atoms with Gasteiger partial charge in [0.05, 0.1) is 7.11 Å². The molecule has 2 aliphatic rings. The first-order chi connectivity index (χ1) is 9.23. The highest BCUT2D eigenvalue weighted by molar-refractivity contribution is 5.45. The van der Waals surface area contributed by atoms with E-state index in [0.717, 1.165) is 31.4 Å². The first-order valence-electron chi connectivity index (χ1n) is 7.20. The van der Waals surface area contributed by atoms with Gasteiger partial charge in [-0.2, -0.15) is 0 Å². The van der Waals surface area contributed by atoms with Crippen LogP contribution in [0, 0.1) is 11.8 Å². The van der Waals surface area contributed by atoms with Gasteiger partial charge >= 0.3 is 0 Å². The van der Waals surface area contributed by atoms with Crippen molar-refractivity contribution in [3.63, 3.8) is 0 Å². The van der Waals surface area contributed by atoms with E-state index in [0.29, 0.717) is 18.4 Å². The van der Waals surface area contributed by atoms with Gasteiger partial charge in [0, 0.05) is 12.1 Å². The Morgan fingerprint density at radius 2 is 2.32 bits per heavy atom. The highest BCUT2D eigenvalue weighted by atomic mass is 16.5. The monoisotopic (exact) mass is 261 g/mol. The standard InChI is InChI=1S/C16H23NO2/c1-17-16-6-5-11(10-18)7-13(16)8-12-3-4-14(19-2)9-15(12)16/h3-4,9,11,13,17-18H,5-8,10H2,1-2H3. The Balaban J connectivity index is 2.00. The van der Waals surface area contributed by atoms with E-state index in [2.05, 4.69) is 30.6 Å². The van der Waals surface area contributed by atoms with Crippen LogP contribution >= 0.6 is 0 Å². The van der Waals surface area contributed by atoms with Crippen LogP contribution in [0.2, 0.25) is 0 Å². The molecule has 3 rings (SSSR count). The zero-order chi connectivity index (χ0) is 13.5. The molecular weight excluding hydrogens is 238 g/mol. The molecule has 104 valence electrons.